The molecular formula is C18H19ClN2O2. The van der Waals surface area contributed by atoms with E-state index >= 15 is 0 Å². The first-order valence-electron chi connectivity index (χ1n) is 7.25. The summed E-state index contributed by atoms with van der Waals surface area (Å²) in [6, 6.07) is 13.1. The molecule has 0 aliphatic heterocycles. The number of rotatable bonds is 5. The maximum absolute atomic E-state index is 11.8. The molecule has 1 N–H and O–H groups in total. The third-order valence-electron chi connectivity index (χ3n) is 3.31. The third-order valence-corrected chi connectivity index (χ3v) is 3.56. The molecule has 0 aromatic heterocycles. The number of carbonyl (C=O) groups excluding carboxylic acids is 1. The Morgan fingerprint density at radius 2 is 1.87 bits per heavy atom. The Bertz CT molecular complexity index is 724. The first kappa shape index (κ1) is 17.0. The van der Waals surface area contributed by atoms with E-state index in [0.29, 0.717) is 16.5 Å². The average Bonchev–Trinajstić information content (AvgIpc) is 2.54. The van der Waals surface area contributed by atoms with Crippen molar-refractivity contribution in [2.75, 3.05) is 6.61 Å². The van der Waals surface area contributed by atoms with E-state index in [1.165, 1.54) is 0 Å². The highest BCUT2D eigenvalue weighted by Crippen LogP contribution is 2.18. The first-order chi connectivity index (χ1) is 11.0. The molecule has 5 heteroatoms. The van der Waals surface area contributed by atoms with Crippen LogP contribution in [0, 0.1) is 13.8 Å². The van der Waals surface area contributed by atoms with Crippen LogP contribution in [0.1, 0.15) is 23.6 Å². The Balaban J connectivity index is 1.90. The highest BCUT2D eigenvalue weighted by molar-refractivity contribution is 6.30. The van der Waals surface area contributed by atoms with Crippen LogP contribution in [-0.4, -0.2) is 18.2 Å². The van der Waals surface area contributed by atoms with Crippen molar-refractivity contribution in [3.8, 4) is 5.75 Å². The predicted octanol–water partition coefficient (Wildman–Crippen LogP) is 3.88. The lowest BCUT2D eigenvalue weighted by molar-refractivity contribution is -0.123. The van der Waals surface area contributed by atoms with E-state index < -0.39 is 0 Å². The summed E-state index contributed by atoms with van der Waals surface area (Å²) < 4.78 is 5.53. The van der Waals surface area contributed by atoms with Crippen LogP contribution in [0.5, 0.6) is 5.75 Å². The summed E-state index contributed by atoms with van der Waals surface area (Å²) >= 11 is 5.84. The van der Waals surface area contributed by atoms with Gasteiger partial charge in [0.25, 0.3) is 5.91 Å². The van der Waals surface area contributed by atoms with Gasteiger partial charge < -0.3 is 4.74 Å². The van der Waals surface area contributed by atoms with Crippen molar-refractivity contribution in [2.24, 2.45) is 5.10 Å². The predicted molar refractivity (Wildman–Crippen MR) is 93.2 cm³/mol. The van der Waals surface area contributed by atoms with E-state index in [1.807, 2.05) is 51.1 Å². The molecule has 0 radical (unpaired) electrons. The van der Waals surface area contributed by atoms with E-state index in [0.717, 1.165) is 16.7 Å². The zero-order chi connectivity index (χ0) is 16.8. The maximum Gasteiger partial charge on any atom is 0.277 e. The van der Waals surface area contributed by atoms with Gasteiger partial charge in [-0.1, -0.05) is 35.9 Å². The second-order valence-corrected chi connectivity index (χ2v) is 5.73. The van der Waals surface area contributed by atoms with Crippen molar-refractivity contribution < 1.29 is 9.53 Å². The molecule has 0 saturated heterocycles. The fraction of sp³-hybridized carbons (Fsp3) is 0.222. The molecule has 4 nitrogen and oxygen atoms in total. The van der Waals surface area contributed by atoms with E-state index in [2.05, 4.69) is 10.5 Å². The zero-order valence-corrected chi connectivity index (χ0v) is 14.1. The molecule has 0 fully saturated rings. The molecular weight excluding hydrogens is 312 g/mol. The topological polar surface area (TPSA) is 50.7 Å². The Morgan fingerprint density at radius 1 is 1.17 bits per heavy atom. The molecule has 0 aliphatic rings. The monoisotopic (exact) mass is 330 g/mol. The fourth-order valence-corrected chi connectivity index (χ4v) is 2.07. The van der Waals surface area contributed by atoms with Gasteiger partial charge in [-0.3, -0.25) is 4.79 Å². The molecule has 0 heterocycles. The van der Waals surface area contributed by atoms with Crippen molar-refractivity contribution in [1.82, 2.24) is 5.43 Å². The van der Waals surface area contributed by atoms with Gasteiger partial charge in [0.15, 0.2) is 6.61 Å². The average molecular weight is 331 g/mol. The quantitative estimate of drug-likeness (QED) is 0.668. The van der Waals surface area contributed by atoms with Crippen molar-refractivity contribution in [2.45, 2.75) is 20.8 Å². The molecule has 0 unspecified atom stereocenters. The fourth-order valence-electron chi connectivity index (χ4n) is 1.94. The summed E-state index contributed by atoms with van der Waals surface area (Å²) in [6.45, 7) is 5.65. The van der Waals surface area contributed by atoms with Crippen molar-refractivity contribution in [3.05, 3.63) is 64.2 Å². The molecule has 23 heavy (non-hydrogen) atoms. The van der Waals surface area contributed by atoms with E-state index in [1.54, 1.807) is 12.1 Å². The van der Waals surface area contributed by atoms with Gasteiger partial charge in [0.05, 0.1) is 5.71 Å². The minimum absolute atomic E-state index is 0.0817. The number of amides is 1. The molecule has 0 bridgehead atoms. The van der Waals surface area contributed by atoms with Crippen molar-refractivity contribution >= 4 is 23.2 Å². The third kappa shape index (κ3) is 5.11. The van der Waals surface area contributed by atoms with Gasteiger partial charge in [0.1, 0.15) is 5.75 Å². The van der Waals surface area contributed by atoms with Gasteiger partial charge in [-0.05, 0) is 55.7 Å². The molecule has 0 spiro atoms. The number of halogens is 1. The van der Waals surface area contributed by atoms with Crippen molar-refractivity contribution in [1.29, 1.82) is 0 Å². The van der Waals surface area contributed by atoms with Gasteiger partial charge in [-0.2, -0.15) is 5.10 Å². The molecule has 1 amide bonds. The number of hydrogen-bond donors (Lipinski definition) is 1. The van der Waals surface area contributed by atoms with Crippen molar-refractivity contribution in [3.63, 3.8) is 0 Å². The largest absolute Gasteiger partial charge is 0.483 e. The summed E-state index contributed by atoms with van der Waals surface area (Å²) in [5.74, 6) is 0.401. The summed E-state index contributed by atoms with van der Waals surface area (Å²) in [7, 11) is 0. The summed E-state index contributed by atoms with van der Waals surface area (Å²) in [5.41, 5.74) is 6.16. The number of nitrogens with zero attached hydrogens (tertiary/aromatic N) is 1. The number of aryl methyl sites for hydroxylation is 2. The lowest BCUT2D eigenvalue weighted by atomic mass is 10.1. The minimum atomic E-state index is -0.306. The van der Waals surface area contributed by atoms with Crippen LogP contribution in [0.3, 0.4) is 0 Å². The van der Waals surface area contributed by atoms with Crippen LogP contribution < -0.4 is 10.2 Å². The standard InChI is InChI=1S/C18H19ClN2O2/c1-12-4-5-13(2)17(10-12)23-11-18(22)21-20-14(3)15-6-8-16(19)9-7-15/h4-10H,11H2,1-3H3,(H,21,22). The Labute approximate surface area is 141 Å². The minimum Gasteiger partial charge on any atom is -0.483 e. The summed E-state index contributed by atoms with van der Waals surface area (Å²) in [5, 5.41) is 4.73. The Hall–Kier alpha value is -2.33. The Morgan fingerprint density at radius 3 is 2.57 bits per heavy atom. The van der Waals surface area contributed by atoms with Crippen LogP contribution in [-0.2, 0) is 4.79 Å². The van der Waals surface area contributed by atoms with Crippen LogP contribution in [0.15, 0.2) is 47.6 Å². The van der Waals surface area contributed by atoms with E-state index in [4.69, 9.17) is 16.3 Å². The van der Waals surface area contributed by atoms with Gasteiger partial charge >= 0.3 is 0 Å². The lowest BCUT2D eigenvalue weighted by Gasteiger charge is -2.09. The number of ether oxygens (including phenoxy) is 1. The number of hydrogen-bond acceptors (Lipinski definition) is 3. The molecule has 0 saturated carbocycles. The van der Waals surface area contributed by atoms with Crippen LogP contribution >= 0.6 is 11.6 Å². The van der Waals surface area contributed by atoms with Crippen LogP contribution in [0.25, 0.3) is 0 Å². The number of nitrogens with one attached hydrogen (secondary N) is 1. The lowest BCUT2D eigenvalue weighted by Crippen LogP contribution is -2.25. The molecule has 0 aliphatic carbocycles. The van der Waals surface area contributed by atoms with Crippen LogP contribution in [0.4, 0.5) is 0 Å². The maximum atomic E-state index is 11.8. The van der Waals surface area contributed by atoms with E-state index in [9.17, 15) is 4.79 Å². The van der Waals surface area contributed by atoms with Gasteiger partial charge in [0, 0.05) is 5.02 Å². The zero-order valence-electron chi connectivity index (χ0n) is 13.4. The van der Waals surface area contributed by atoms with E-state index in [-0.39, 0.29) is 12.5 Å². The van der Waals surface area contributed by atoms with Crippen LogP contribution in [0.2, 0.25) is 5.02 Å². The van der Waals surface area contributed by atoms with Gasteiger partial charge in [0.2, 0.25) is 0 Å². The molecule has 2 rings (SSSR count). The highest BCUT2D eigenvalue weighted by Gasteiger charge is 2.05. The summed E-state index contributed by atoms with van der Waals surface area (Å²) in [6.07, 6.45) is 0. The second kappa shape index (κ2) is 7.79. The second-order valence-electron chi connectivity index (χ2n) is 5.30. The molecule has 2 aromatic rings. The number of hydrazone groups is 1. The highest BCUT2D eigenvalue weighted by atomic mass is 35.5. The first-order valence-corrected chi connectivity index (χ1v) is 7.62. The number of carbonyl (C=O) groups is 1. The van der Waals surface area contributed by atoms with Gasteiger partial charge in [-0.15, -0.1) is 0 Å². The number of benzene rings is 2. The molecule has 0 atom stereocenters. The Kier molecular flexibility index (Phi) is 5.77. The summed E-state index contributed by atoms with van der Waals surface area (Å²) in [4.78, 5) is 11.8. The SMILES string of the molecule is CC(=NNC(=O)COc1cc(C)ccc1C)c1ccc(Cl)cc1. The van der Waals surface area contributed by atoms with Gasteiger partial charge in [-0.25, -0.2) is 5.43 Å². The molecule has 120 valence electrons. The smallest absolute Gasteiger partial charge is 0.277 e. The normalized spacial score (nSPS) is 11.2. The molecule has 2 aromatic carbocycles.